The zero-order valence-electron chi connectivity index (χ0n) is 20.3. The summed E-state index contributed by atoms with van der Waals surface area (Å²) >= 11 is 0. The maximum Gasteiger partial charge on any atom is 0.273 e. The van der Waals surface area contributed by atoms with E-state index in [0.29, 0.717) is 35.5 Å². The summed E-state index contributed by atoms with van der Waals surface area (Å²) < 4.78 is 6.15. The number of carbonyl (C=O) groups is 1. The van der Waals surface area contributed by atoms with Crippen LogP contribution >= 0.6 is 0 Å². The number of ether oxygens (including phenoxy) is 1. The molecule has 3 aromatic carbocycles. The molecule has 1 saturated heterocycles. The summed E-state index contributed by atoms with van der Waals surface area (Å²) in [5.74, 6) is 0.495. The van der Waals surface area contributed by atoms with Gasteiger partial charge in [-0.05, 0) is 69.0 Å². The number of carbonyl (C=O) groups excluding carboxylic acids is 1. The molecule has 6 heteroatoms. The van der Waals surface area contributed by atoms with E-state index in [0.717, 1.165) is 11.3 Å². The van der Waals surface area contributed by atoms with Crippen LogP contribution in [-0.2, 0) is 11.3 Å². The fraction of sp³-hybridized carbons (Fsp3) is 0.310. The molecular weight excluding hydrogens is 436 g/mol. The van der Waals surface area contributed by atoms with Crippen molar-refractivity contribution in [1.82, 2.24) is 0 Å². The quantitative estimate of drug-likeness (QED) is 0.388. The second-order valence-corrected chi connectivity index (χ2v) is 9.63. The number of nitrogen functional groups attached to an aromatic ring is 1. The van der Waals surface area contributed by atoms with Crippen LogP contribution in [0.2, 0.25) is 0 Å². The van der Waals surface area contributed by atoms with Gasteiger partial charge in [0.25, 0.3) is 5.91 Å². The molecule has 3 aromatic rings. The summed E-state index contributed by atoms with van der Waals surface area (Å²) in [7, 11) is 0. The van der Waals surface area contributed by atoms with Gasteiger partial charge in [0.1, 0.15) is 11.6 Å². The first kappa shape index (κ1) is 23.0. The molecule has 5 rings (SSSR count). The summed E-state index contributed by atoms with van der Waals surface area (Å²) in [5, 5.41) is 7.76. The van der Waals surface area contributed by atoms with Crippen molar-refractivity contribution in [3.8, 4) is 5.75 Å². The minimum atomic E-state index is -0.793. The van der Waals surface area contributed by atoms with Crippen LogP contribution in [0, 0.1) is 5.41 Å². The minimum Gasteiger partial charge on any atom is -0.474 e. The lowest BCUT2D eigenvalue weighted by Gasteiger charge is -2.41. The standard InChI is InChI=1S/C29H32N4O2/c1-19-7-5-8-20(2)33(19)24-15-13-21(14-16-24)18-32-25-11-3-4-12-26(25)35-27(29(32)34)22-9-6-10-23(17-22)28(30)31/h3-4,6,9-17,19-20,27H,5,7-8,18H2,1-2H3,(H3,30,31)/t19-,20+,27?. The first-order chi connectivity index (χ1) is 16.9. The normalized spacial score (nSPS) is 21.9. The van der Waals surface area contributed by atoms with Crippen molar-refractivity contribution in [3.05, 3.63) is 89.5 Å². The highest BCUT2D eigenvalue weighted by molar-refractivity contribution is 6.01. The van der Waals surface area contributed by atoms with E-state index in [2.05, 4.69) is 43.0 Å². The van der Waals surface area contributed by atoms with Crippen LogP contribution in [0.25, 0.3) is 0 Å². The van der Waals surface area contributed by atoms with Gasteiger partial charge in [0.2, 0.25) is 6.10 Å². The number of rotatable bonds is 5. The first-order valence-electron chi connectivity index (χ1n) is 12.3. The molecule has 0 aliphatic carbocycles. The number of nitrogens with two attached hydrogens (primary N) is 1. The van der Waals surface area contributed by atoms with Gasteiger partial charge >= 0.3 is 0 Å². The Morgan fingerprint density at radius 3 is 2.43 bits per heavy atom. The Kier molecular flexibility index (Phi) is 6.20. The van der Waals surface area contributed by atoms with Crippen LogP contribution in [0.1, 0.15) is 55.9 Å². The second kappa shape index (κ2) is 9.45. The third-order valence-corrected chi connectivity index (χ3v) is 7.16. The molecule has 180 valence electrons. The molecule has 2 heterocycles. The lowest BCUT2D eigenvalue weighted by Crippen LogP contribution is -2.43. The Bertz CT molecular complexity index is 1230. The Morgan fingerprint density at radius 1 is 1.00 bits per heavy atom. The van der Waals surface area contributed by atoms with Crippen LogP contribution in [0.15, 0.2) is 72.8 Å². The summed E-state index contributed by atoms with van der Waals surface area (Å²) in [6.07, 6.45) is 2.93. The van der Waals surface area contributed by atoms with Gasteiger partial charge in [0.05, 0.1) is 12.2 Å². The number of amides is 1. The van der Waals surface area contributed by atoms with Crippen LogP contribution in [0.5, 0.6) is 5.75 Å². The van der Waals surface area contributed by atoms with E-state index < -0.39 is 6.10 Å². The lowest BCUT2D eigenvalue weighted by molar-refractivity contribution is -0.126. The monoisotopic (exact) mass is 468 g/mol. The molecule has 1 amide bonds. The van der Waals surface area contributed by atoms with Gasteiger partial charge in [0, 0.05) is 28.9 Å². The molecular formula is C29H32N4O2. The fourth-order valence-electron chi connectivity index (χ4n) is 5.35. The van der Waals surface area contributed by atoms with Crippen LogP contribution in [0.4, 0.5) is 11.4 Å². The summed E-state index contributed by atoms with van der Waals surface area (Å²) in [6.45, 7) is 5.05. The molecule has 0 spiro atoms. The zero-order valence-corrected chi connectivity index (χ0v) is 20.3. The maximum absolute atomic E-state index is 13.7. The Hall–Kier alpha value is -3.80. The molecule has 0 aromatic heterocycles. The minimum absolute atomic E-state index is 0.0372. The van der Waals surface area contributed by atoms with E-state index in [1.54, 1.807) is 23.1 Å². The average molecular weight is 469 g/mol. The second-order valence-electron chi connectivity index (χ2n) is 9.63. The Balaban J connectivity index is 1.43. The van der Waals surface area contributed by atoms with Gasteiger partial charge in [0.15, 0.2) is 0 Å². The molecule has 35 heavy (non-hydrogen) atoms. The third kappa shape index (κ3) is 4.48. The van der Waals surface area contributed by atoms with Gasteiger partial charge in [-0.1, -0.05) is 42.5 Å². The topological polar surface area (TPSA) is 82.7 Å². The van der Waals surface area contributed by atoms with Crippen molar-refractivity contribution >= 4 is 23.1 Å². The number of para-hydroxylation sites is 2. The predicted molar refractivity (Wildman–Crippen MR) is 140 cm³/mol. The Morgan fingerprint density at radius 2 is 1.71 bits per heavy atom. The summed E-state index contributed by atoms with van der Waals surface area (Å²) in [4.78, 5) is 18.0. The molecule has 0 saturated carbocycles. The van der Waals surface area contributed by atoms with Crippen molar-refractivity contribution in [2.75, 3.05) is 9.80 Å². The number of anilines is 2. The number of fused-ring (bicyclic) bond motifs is 1. The highest BCUT2D eigenvalue weighted by Gasteiger charge is 2.35. The third-order valence-electron chi connectivity index (χ3n) is 7.16. The largest absolute Gasteiger partial charge is 0.474 e. The molecule has 6 nitrogen and oxygen atoms in total. The number of hydrogen-bond donors (Lipinski definition) is 2. The highest BCUT2D eigenvalue weighted by Crippen LogP contribution is 2.40. The molecule has 3 N–H and O–H groups in total. The number of hydrogen-bond acceptors (Lipinski definition) is 4. The molecule has 1 unspecified atom stereocenters. The Labute approximate surface area is 206 Å². The number of piperidine rings is 1. The smallest absolute Gasteiger partial charge is 0.273 e. The van der Waals surface area contributed by atoms with Crippen LogP contribution < -0.4 is 20.3 Å². The summed E-state index contributed by atoms with van der Waals surface area (Å²) in [5.41, 5.74) is 10.00. The van der Waals surface area contributed by atoms with E-state index in [-0.39, 0.29) is 11.7 Å². The van der Waals surface area contributed by atoms with Crippen molar-refractivity contribution < 1.29 is 9.53 Å². The molecule has 2 aliphatic rings. The van der Waals surface area contributed by atoms with Gasteiger partial charge in [-0.15, -0.1) is 0 Å². The van der Waals surface area contributed by atoms with Crippen molar-refractivity contribution in [2.45, 2.75) is 57.8 Å². The van der Waals surface area contributed by atoms with Gasteiger partial charge < -0.3 is 20.3 Å². The maximum atomic E-state index is 13.7. The average Bonchev–Trinajstić information content (AvgIpc) is 2.86. The molecule has 0 radical (unpaired) electrons. The van der Waals surface area contributed by atoms with Crippen molar-refractivity contribution in [2.24, 2.45) is 5.73 Å². The van der Waals surface area contributed by atoms with E-state index in [1.807, 2.05) is 30.3 Å². The first-order valence-corrected chi connectivity index (χ1v) is 12.3. The molecule has 0 bridgehead atoms. The fourth-order valence-corrected chi connectivity index (χ4v) is 5.35. The van der Waals surface area contributed by atoms with Crippen LogP contribution in [0.3, 0.4) is 0 Å². The van der Waals surface area contributed by atoms with E-state index in [4.69, 9.17) is 15.9 Å². The van der Waals surface area contributed by atoms with Gasteiger partial charge in [-0.3, -0.25) is 10.2 Å². The lowest BCUT2D eigenvalue weighted by atomic mass is 9.96. The van der Waals surface area contributed by atoms with E-state index in [9.17, 15) is 4.79 Å². The SMILES string of the molecule is C[C@@H]1CCC[C@H](C)N1c1ccc(CN2C(=O)C(c3cccc(C(=N)N)c3)Oc3ccccc32)cc1. The van der Waals surface area contributed by atoms with Gasteiger partial charge in [-0.25, -0.2) is 0 Å². The number of benzene rings is 3. The molecule has 1 fully saturated rings. The molecule has 3 atom stereocenters. The zero-order chi connectivity index (χ0) is 24.5. The van der Waals surface area contributed by atoms with E-state index >= 15 is 0 Å². The van der Waals surface area contributed by atoms with Gasteiger partial charge in [-0.2, -0.15) is 0 Å². The number of amidine groups is 1. The van der Waals surface area contributed by atoms with Crippen molar-refractivity contribution in [1.29, 1.82) is 5.41 Å². The summed E-state index contributed by atoms with van der Waals surface area (Å²) in [6, 6.07) is 24.5. The predicted octanol–water partition coefficient (Wildman–Crippen LogP) is 5.40. The van der Waals surface area contributed by atoms with E-state index in [1.165, 1.54) is 24.9 Å². The number of nitrogens with one attached hydrogen (secondary N) is 1. The van der Waals surface area contributed by atoms with Crippen LogP contribution in [-0.4, -0.2) is 23.8 Å². The van der Waals surface area contributed by atoms with Crippen molar-refractivity contribution in [3.63, 3.8) is 0 Å². The number of nitrogens with zero attached hydrogens (tertiary/aromatic N) is 2. The highest BCUT2D eigenvalue weighted by atomic mass is 16.5. The molecule has 2 aliphatic heterocycles.